The third kappa shape index (κ3) is 3.63. The van der Waals surface area contributed by atoms with Crippen molar-refractivity contribution in [3.63, 3.8) is 0 Å². The highest BCUT2D eigenvalue weighted by Crippen LogP contribution is 2.26. The van der Waals surface area contributed by atoms with Gasteiger partial charge in [0.05, 0.1) is 18.8 Å². The number of aromatic nitrogens is 1. The number of carbonyl (C=O) groups excluding carboxylic acids is 1. The highest BCUT2D eigenvalue weighted by atomic mass is 35.5. The van der Waals surface area contributed by atoms with Crippen LogP contribution in [0.15, 0.2) is 42.6 Å². The highest BCUT2D eigenvalue weighted by Gasteiger charge is 2.21. The molecule has 1 fully saturated rings. The molecule has 0 N–H and O–H groups in total. The maximum Gasteiger partial charge on any atom is 0.259 e. The average Bonchev–Trinajstić information content (AvgIpc) is 3.09. The van der Waals surface area contributed by atoms with Crippen molar-refractivity contribution in [2.45, 2.75) is 12.5 Å². The quantitative estimate of drug-likeness (QED) is 0.863. The highest BCUT2D eigenvalue weighted by molar-refractivity contribution is 6.32. The first-order valence-electron chi connectivity index (χ1n) is 7.38. The first-order chi connectivity index (χ1) is 11.1. The van der Waals surface area contributed by atoms with Gasteiger partial charge < -0.3 is 14.4 Å². The summed E-state index contributed by atoms with van der Waals surface area (Å²) in [5, 5.41) is 0.323. The molecule has 0 bridgehead atoms. The summed E-state index contributed by atoms with van der Waals surface area (Å²) in [5.74, 6) is 0.155. The van der Waals surface area contributed by atoms with Gasteiger partial charge in [-0.15, -0.1) is 0 Å². The van der Waals surface area contributed by atoms with E-state index < -0.39 is 0 Å². The number of halogens is 1. The SMILES string of the molecule is CN(C(=O)c1cnc(O[C@@H]2CCOC2)c(Cl)c1)c1ccccc1. The van der Waals surface area contributed by atoms with Gasteiger partial charge in [0.15, 0.2) is 0 Å². The zero-order chi connectivity index (χ0) is 16.2. The zero-order valence-corrected chi connectivity index (χ0v) is 13.5. The third-order valence-electron chi connectivity index (χ3n) is 3.67. The molecule has 3 rings (SSSR count). The second-order valence-electron chi connectivity index (χ2n) is 5.31. The molecule has 0 spiro atoms. The molecular weight excluding hydrogens is 316 g/mol. The van der Waals surface area contributed by atoms with Gasteiger partial charge in [0.2, 0.25) is 5.88 Å². The third-order valence-corrected chi connectivity index (χ3v) is 3.94. The lowest BCUT2D eigenvalue weighted by molar-refractivity contribution is 0.0992. The molecule has 23 heavy (non-hydrogen) atoms. The van der Waals surface area contributed by atoms with E-state index in [1.165, 1.54) is 6.20 Å². The van der Waals surface area contributed by atoms with E-state index in [9.17, 15) is 4.79 Å². The number of ether oxygens (including phenoxy) is 2. The number of nitrogens with zero attached hydrogens (tertiary/aromatic N) is 2. The van der Waals surface area contributed by atoms with Gasteiger partial charge in [0.25, 0.3) is 5.91 Å². The first-order valence-corrected chi connectivity index (χ1v) is 7.76. The molecule has 1 atom stereocenters. The molecule has 0 saturated carbocycles. The normalized spacial score (nSPS) is 17.0. The van der Waals surface area contributed by atoms with Crippen molar-refractivity contribution in [2.75, 3.05) is 25.2 Å². The van der Waals surface area contributed by atoms with Gasteiger partial charge in [0.1, 0.15) is 11.1 Å². The molecule has 2 aromatic rings. The van der Waals surface area contributed by atoms with Crippen molar-refractivity contribution in [1.82, 2.24) is 4.98 Å². The van der Waals surface area contributed by atoms with Crippen LogP contribution in [0, 0.1) is 0 Å². The monoisotopic (exact) mass is 332 g/mol. The van der Waals surface area contributed by atoms with Gasteiger partial charge in [-0.25, -0.2) is 4.98 Å². The summed E-state index contributed by atoms with van der Waals surface area (Å²) in [5.41, 5.74) is 1.22. The fourth-order valence-electron chi connectivity index (χ4n) is 2.36. The number of para-hydroxylation sites is 1. The Morgan fingerprint density at radius 3 is 2.83 bits per heavy atom. The Morgan fingerprint density at radius 1 is 1.39 bits per heavy atom. The standard InChI is InChI=1S/C17H17ClN2O3/c1-20(13-5-3-2-4-6-13)17(21)12-9-15(18)16(19-10-12)23-14-7-8-22-11-14/h2-6,9-10,14H,7-8,11H2,1H3/t14-/m1/s1. The Hall–Kier alpha value is -2.11. The van der Waals surface area contributed by atoms with Crippen LogP contribution < -0.4 is 9.64 Å². The van der Waals surface area contributed by atoms with Crippen LogP contribution in [0.5, 0.6) is 5.88 Å². The molecule has 0 aliphatic carbocycles. The van der Waals surface area contributed by atoms with E-state index in [-0.39, 0.29) is 12.0 Å². The van der Waals surface area contributed by atoms with E-state index in [0.717, 1.165) is 12.1 Å². The van der Waals surface area contributed by atoms with Crippen LogP contribution in [0.25, 0.3) is 0 Å². The van der Waals surface area contributed by atoms with Crippen molar-refractivity contribution < 1.29 is 14.3 Å². The number of pyridine rings is 1. The maximum absolute atomic E-state index is 12.5. The van der Waals surface area contributed by atoms with E-state index in [2.05, 4.69) is 4.98 Å². The molecule has 1 aromatic carbocycles. The van der Waals surface area contributed by atoms with Crippen molar-refractivity contribution in [1.29, 1.82) is 0 Å². The minimum absolute atomic E-state index is 0.0338. The lowest BCUT2D eigenvalue weighted by Crippen LogP contribution is -2.26. The molecule has 1 saturated heterocycles. The summed E-state index contributed by atoms with van der Waals surface area (Å²) in [6.45, 7) is 1.22. The lowest BCUT2D eigenvalue weighted by atomic mass is 10.2. The molecule has 1 aromatic heterocycles. The number of benzene rings is 1. The molecule has 0 unspecified atom stereocenters. The van der Waals surface area contributed by atoms with Gasteiger partial charge in [-0.3, -0.25) is 4.79 Å². The Kier molecular flexibility index (Phi) is 4.79. The topological polar surface area (TPSA) is 51.7 Å². The van der Waals surface area contributed by atoms with E-state index in [1.807, 2.05) is 30.3 Å². The van der Waals surface area contributed by atoms with Crippen LogP contribution >= 0.6 is 11.6 Å². The minimum Gasteiger partial charge on any atom is -0.471 e. The summed E-state index contributed by atoms with van der Waals surface area (Å²) in [4.78, 5) is 18.3. The Bertz CT molecular complexity index is 687. The fourth-order valence-corrected chi connectivity index (χ4v) is 2.57. The number of anilines is 1. The van der Waals surface area contributed by atoms with Crippen molar-refractivity contribution in [3.8, 4) is 5.88 Å². The predicted octanol–water partition coefficient (Wildman–Crippen LogP) is 3.18. The summed E-state index contributed by atoms with van der Waals surface area (Å²) < 4.78 is 10.9. The van der Waals surface area contributed by atoms with Gasteiger partial charge >= 0.3 is 0 Å². The van der Waals surface area contributed by atoms with Crippen LogP contribution in [-0.2, 0) is 4.74 Å². The molecule has 1 aliphatic rings. The van der Waals surface area contributed by atoms with Crippen LogP contribution in [0.4, 0.5) is 5.69 Å². The zero-order valence-electron chi connectivity index (χ0n) is 12.7. The number of carbonyl (C=O) groups is 1. The van der Waals surface area contributed by atoms with Crippen LogP contribution in [0.3, 0.4) is 0 Å². The largest absolute Gasteiger partial charge is 0.471 e. The molecule has 0 radical (unpaired) electrons. The number of rotatable bonds is 4. The van der Waals surface area contributed by atoms with Crippen LogP contribution in [0.2, 0.25) is 5.02 Å². The molecule has 1 aliphatic heterocycles. The van der Waals surface area contributed by atoms with Crippen molar-refractivity contribution in [2.24, 2.45) is 0 Å². The number of hydrogen-bond acceptors (Lipinski definition) is 4. The fraction of sp³-hybridized carbons (Fsp3) is 0.294. The van der Waals surface area contributed by atoms with E-state index in [4.69, 9.17) is 21.1 Å². The summed E-state index contributed by atoms with van der Waals surface area (Å²) in [7, 11) is 1.71. The van der Waals surface area contributed by atoms with Gasteiger partial charge in [-0.05, 0) is 18.2 Å². The number of amides is 1. The molecule has 6 heteroatoms. The summed E-state index contributed by atoms with van der Waals surface area (Å²) in [6.07, 6.45) is 2.27. The maximum atomic E-state index is 12.5. The predicted molar refractivity (Wildman–Crippen MR) is 88.3 cm³/mol. The second kappa shape index (κ2) is 6.98. The Labute approximate surface area is 139 Å². The molecule has 1 amide bonds. The smallest absolute Gasteiger partial charge is 0.259 e. The van der Waals surface area contributed by atoms with Gasteiger partial charge in [-0.1, -0.05) is 29.8 Å². The summed E-state index contributed by atoms with van der Waals surface area (Å²) in [6, 6.07) is 11.0. The molecule has 5 nitrogen and oxygen atoms in total. The molecule has 2 heterocycles. The van der Waals surface area contributed by atoms with Crippen LogP contribution in [0.1, 0.15) is 16.8 Å². The lowest BCUT2D eigenvalue weighted by Gasteiger charge is -2.18. The van der Waals surface area contributed by atoms with Gasteiger partial charge in [-0.2, -0.15) is 0 Å². The van der Waals surface area contributed by atoms with E-state index >= 15 is 0 Å². The second-order valence-corrected chi connectivity index (χ2v) is 5.72. The first kappa shape index (κ1) is 15.8. The van der Waals surface area contributed by atoms with Crippen LogP contribution in [-0.4, -0.2) is 37.3 Å². The molecule has 120 valence electrons. The average molecular weight is 333 g/mol. The Morgan fingerprint density at radius 2 is 2.17 bits per heavy atom. The summed E-state index contributed by atoms with van der Waals surface area (Å²) >= 11 is 6.20. The van der Waals surface area contributed by atoms with Gasteiger partial charge in [0, 0.05) is 25.4 Å². The van der Waals surface area contributed by atoms with Crippen molar-refractivity contribution >= 4 is 23.2 Å². The molecular formula is C17H17ClN2O3. The van der Waals surface area contributed by atoms with Crippen molar-refractivity contribution in [3.05, 3.63) is 53.2 Å². The Balaban J connectivity index is 1.75. The van der Waals surface area contributed by atoms with E-state index in [0.29, 0.717) is 29.7 Å². The van der Waals surface area contributed by atoms with E-state index in [1.54, 1.807) is 18.0 Å². The number of hydrogen-bond donors (Lipinski definition) is 0. The minimum atomic E-state index is -0.179.